The van der Waals surface area contributed by atoms with Gasteiger partial charge in [-0.05, 0) is 49.0 Å². The van der Waals surface area contributed by atoms with Crippen LogP contribution >= 0.6 is 23.4 Å². The molecule has 3 heterocycles. The fraction of sp³-hybridized carbons (Fsp3) is 0.0526. The van der Waals surface area contributed by atoms with Crippen LogP contribution in [0, 0.1) is 18.3 Å². The molecule has 0 fully saturated rings. The number of nitriles is 1. The molecule has 0 spiro atoms. The predicted molar refractivity (Wildman–Crippen MR) is 102 cm³/mol. The average molecular weight is 394 g/mol. The summed E-state index contributed by atoms with van der Waals surface area (Å²) in [5.41, 5.74) is 1.95. The molecule has 4 rings (SSSR count). The van der Waals surface area contributed by atoms with Crippen LogP contribution in [0.4, 0.5) is 0 Å². The Bertz CT molecular complexity index is 1150. The van der Waals surface area contributed by atoms with Gasteiger partial charge in [0, 0.05) is 5.69 Å². The van der Waals surface area contributed by atoms with Gasteiger partial charge in [-0.3, -0.25) is 4.57 Å². The van der Waals surface area contributed by atoms with Crippen molar-refractivity contribution in [2.45, 2.75) is 17.1 Å². The number of hydrogen-bond donors (Lipinski definition) is 0. The van der Waals surface area contributed by atoms with E-state index in [1.807, 2.05) is 54.0 Å². The molecule has 0 aliphatic carbocycles. The minimum Gasteiger partial charge on any atom is -0.469 e. The minimum atomic E-state index is 0.179. The Morgan fingerprint density at radius 1 is 1.11 bits per heavy atom. The second kappa shape index (κ2) is 7.27. The quantitative estimate of drug-likeness (QED) is 0.490. The SMILES string of the molecule is Cc1occc1-c1nnc(Sc2ccc(Cl)c(C#N)n2)n1-c1ccccc1. The molecule has 4 aromatic rings. The van der Waals surface area contributed by atoms with Crippen LogP contribution in [0.1, 0.15) is 11.5 Å². The van der Waals surface area contributed by atoms with Gasteiger partial charge in [0.25, 0.3) is 0 Å². The zero-order valence-corrected chi connectivity index (χ0v) is 15.7. The first-order valence-corrected chi connectivity index (χ1v) is 9.16. The van der Waals surface area contributed by atoms with Crippen LogP contribution < -0.4 is 0 Å². The Labute approximate surface area is 164 Å². The predicted octanol–water partition coefficient (Wildman–Crippen LogP) is 4.91. The highest BCUT2D eigenvalue weighted by molar-refractivity contribution is 7.99. The van der Waals surface area contributed by atoms with E-state index in [1.165, 1.54) is 11.8 Å². The van der Waals surface area contributed by atoms with Crippen molar-refractivity contribution < 1.29 is 4.42 Å². The second-order valence-corrected chi connectivity index (χ2v) is 6.96. The third-order valence-corrected chi connectivity index (χ3v) is 5.06. The Hall–Kier alpha value is -3.08. The van der Waals surface area contributed by atoms with Gasteiger partial charge in [0.05, 0.1) is 16.8 Å². The summed E-state index contributed by atoms with van der Waals surface area (Å²) in [6.45, 7) is 1.88. The molecule has 0 radical (unpaired) electrons. The van der Waals surface area contributed by atoms with Gasteiger partial charge in [0.2, 0.25) is 5.16 Å². The highest BCUT2D eigenvalue weighted by atomic mass is 35.5. The molecule has 0 N–H and O–H groups in total. The Balaban J connectivity index is 1.83. The van der Waals surface area contributed by atoms with E-state index in [1.54, 1.807) is 18.4 Å². The maximum Gasteiger partial charge on any atom is 0.202 e. The van der Waals surface area contributed by atoms with E-state index in [2.05, 4.69) is 15.2 Å². The lowest BCUT2D eigenvalue weighted by Gasteiger charge is -2.09. The van der Waals surface area contributed by atoms with Gasteiger partial charge in [-0.2, -0.15) is 5.26 Å². The molecule has 0 saturated heterocycles. The Kier molecular flexibility index (Phi) is 4.67. The van der Waals surface area contributed by atoms with Crippen molar-refractivity contribution >= 4 is 23.4 Å². The van der Waals surface area contributed by atoms with Gasteiger partial charge in [-0.25, -0.2) is 4.98 Å². The van der Waals surface area contributed by atoms with Crippen LogP contribution in [0.5, 0.6) is 0 Å². The number of aromatic nitrogens is 4. The van der Waals surface area contributed by atoms with Crippen LogP contribution in [0.3, 0.4) is 0 Å². The third kappa shape index (κ3) is 3.33. The number of halogens is 1. The fourth-order valence-electron chi connectivity index (χ4n) is 2.59. The van der Waals surface area contributed by atoms with E-state index in [-0.39, 0.29) is 5.69 Å². The van der Waals surface area contributed by atoms with Gasteiger partial charge >= 0.3 is 0 Å². The maximum absolute atomic E-state index is 9.15. The molecular weight excluding hydrogens is 382 g/mol. The van der Waals surface area contributed by atoms with E-state index in [4.69, 9.17) is 21.3 Å². The lowest BCUT2D eigenvalue weighted by atomic mass is 10.2. The van der Waals surface area contributed by atoms with Gasteiger partial charge in [0.1, 0.15) is 16.9 Å². The third-order valence-electron chi connectivity index (χ3n) is 3.87. The molecular formula is C19H12ClN5OS. The van der Waals surface area contributed by atoms with Crippen molar-refractivity contribution in [3.63, 3.8) is 0 Å². The summed E-state index contributed by atoms with van der Waals surface area (Å²) in [4.78, 5) is 4.28. The summed E-state index contributed by atoms with van der Waals surface area (Å²) in [7, 11) is 0. The second-order valence-electron chi connectivity index (χ2n) is 5.56. The molecule has 0 aliphatic rings. The lowest BCUT2D eigenvalue weighted by Crippen LogP contribution is -2.00. The number of pyridine rings is 1. The summed E-state index contributed by atoms with van der Waals surface area (Å²) in [6, 6.07) is 17.1. The van der Waals surface area contributed by atoms with Crippen LogP contribution in [0.15, 0.2) is 69.4 Å². The van der Waals surface area contributed by atoms with Crippen molar-refractivity contribution in [2.24, 2.45) is 0 Å². The van der Waals surface area contributed by atoms with E-state index in [9.17, 15) is 0 Å². The van der Waals surface area contributed by atoms with Crippen molar-refractivity contribution in [1.82, 2.24) is 19.7 Å². The Morgan fingerprint density at radius 3 is 2.63 bits per heavy atom. The summed E-state index contributed by atoms with van der Waals surface area (Å²) in [5.74, 6) is 1.43. The molecule has 132 valence electrons. The van der Waals surface area contributed by atoms with Crippen molar-refractivity contribution in [2.75, 3.05) is 0 Å². The van der Waals surface area contributed by atoms with Crippen LogP contribution in [-0.2, 0) is 0 Å². The first-order chi connectivity index (χ1) is 13.2. The first kappa shape index (κ1) is 17.3. The normalized spacial score (nSPS) is 10.7. The van der Waals surface area contributed by atoms with Gasteiger partial charge in [0.15, 0.2) is 11.5 Å². The summed E-state index contributed by atoms with van der Waals surface area (Å²) < 4.78 is 7.37. The van der Waals surface area contributed by atoms with Crippen LogP contribution in [0.25, 0.3) is 17.1 Å². The van der Waals surface area contributed by atoms with E-state index in [0.717, 1.165) is 17.0 Å². The zero-order valence-electron chi connectivity index (χ0n) is 14.1. The molecule has 0 saturated carbocycles. The topological polar surface area (TPSA) is 80.5 Å². The molecule has 0 unspecified atom stereocenters. The molecule has 0 aliphatic heterocycles. The summed E-state index contributed by atoms with van der Waals surface area (Å²) >= 11 is 7.29. The molecule has 3 aromatic heterocycles. The van der Waals surface area contributed by atoms with Crippen molar-refractivity contribution in [3.05, 3.63) is 71.3 Å². The highest BCUT2D eigenvalue weighted by Gasteiger charge is 2.20. The Morgan fingerprint density at radius 2 is 1.93 bits per heavy atom. The number of benzene rings is 1. The number of nitrogens with zero attached hydrogens (tertiary/aromatic N) is 5. The number of furan rings is 1. The van der Waals surface area contributed by atoms with Gasteiger partial charge in [-0.1, -0.05) is 29.8 Å². The van der Waals surface area contributed by atoms with Crippen molar-refractivity contribution in [1.29, 1.82) is 5.26 Å². The molecule has 0 atom stereocenters. The summed E-state index contributed by atoms with van der Waals surface area (Å²) in [5, 5.41) is 19.4. The lowest BCUT2D eigenvalue weighted by molar-refractivity contribution is 0.535. The van der Waals surface area contributed by atoms with Crippen LogP contribution in [-0.4, -0.2) is 19.7 Å². The number of hydrogen-bond acceptors (Lipinski definition) is 6. The molecule has 6 nitrogen and oxygen atoms in total. The van der Waals surface area contributed by atoms with Crippen LogP contribution in [0.2, 0.25) is 5.02 Å². The van der Waals surface area contributed by atoms with Gasteiger partial charge < -0.3 is 4.42 Å². The van der Waals surface area contributed by atoms with E-state index in [0.29, 0.717) is 21.0 Å². The van der Waals surface area contributed by atoms with Crippen molar-refractivity contribution in [3.8, 4) is 23.1 Å². The smallest absolute Gasteiger partial charge is 0.202 e. The maximum atomic E-state index is 9.15. The largest absolute Gasteiger partial charge is 0.469 e. The zero-order chi connectivity index (χ0) is 18.8. The molecule has 1 aromatic carbocycles. The van der Waals surface area contributed by atoms with E-state index >= 15 is 0 Å². The average Bonchev–Trinajstić information content (AvgIpc) is 3.29. The standard InChI is InChI=1S/C19H12ClN5OS/c1-12-14(9-10-26-12)18-23-24-19(25(18)13-5-3-2-4-6-13)27-17-8-7-15(20)16(11-21)22-17/h2-10H,1H3. The molecule has 27 heavy (non-hydrogen) atoms. The molecule has 8 heteroatoms. The summed E-state index contributed by atoms with van der Waals surface area (Å²) in [6.07, 6.45) is 1.63. The molecule has 0 amide bonds. The molecule has 0 bridgehead atoms. The minimum absolute atomic E-state index is 0.179. The fourth-order valence-corrected chi connectivity index (χ4v) is 3.56. The highest BCUT2D eigenvalue weighted by Crippen LogP contribution is 2.33. The number of para-hydroxylation sites is 1. The monoisotopic (exact) mass is 393 g/mol. The number of rotatable bonds is 4. The van der Waals surface area contributed by atoms with Gasteiger partial charge in [-0.15, -0.1) is 10.2 Å². The van der Waals surface area contributed by atoms with E-state index < -0.39 is 0 Å². The first-order valence-electron chi connectivity index (χ1n) is 7.97. The number of aryl methyl sites for hydroxylation is 1.